The molecule has 0 bridgehead atoms. The third-order valence-electron chi connectivity index (χ3n) is 4.25. The lowest BCUT2D eigenvalue weighted by molar-refractivity contribution is -0.119. The number of likely N-dealkylation sites (N-methyl/N-ethyl adjacent to an activating group) is 1. The van der Waals surface area contributed by atoms with Gasteiger partial charge in [0, 0.05) is 12.7 Å². The zero-order valence-electron chi connectivity index (χ0n) is 16.3. The molecule has 0 radical (unpaired) electrons. The summed E-state index contributed by atoms with van der Waals surface area (Å²) in [6.07, 6.45) is 1.05. The molecule has 150 valence electrons. The van der Waals surface area contributed by atoms with Crippen molar-refractivity contribution in [3.8, 4) is 0 Å². The Hall–Kier alpha value is -2.71. The van der Waals surface area contributed by atoms with Crippen molar-refractivity contribution >= 4 is 27.6 Å². The molecule has 8 heteroatoms. The summed E-state index contributed by atoms with van der Waals surface area (Å²) < 4.78 is 30.1. The van der Waals surface area contributed by atoms with Crippen LogP contribution in [0.1, 0.15) is 34.5 Å². The van der Waals surface area contributed by atoms with Gasteiger partial charge in [-0.05, 0) is 43.2 Å². The maximum atomic E-state index is 13.0. The van der Waals surface area contributed by atoms with Gasteiger partial charge in [-0.1, -0.05) is 30.3 Å². The van der Waals surface area contributed by atoms with E-state index in [4.69, 9.17) is 4.74 Å². The van der Waals surface area contributed by atoms with E-state index in [0.717, 1.165) is 10.6 Å². The van der Waals surface area contributed by atoms with E-state index in [1.807, 2.05) is 0 Å². The van der Waals surface area contributed by atoms with Gasteiger partial charge in [0.15, 0.2) is 0 Å². The fourth-order valence-electron chi connectivity index (χ4n) is 2.70. The van der Waals surface area contributed by atoms with E-state index < -0.39 is 27.9 Å². The Kier molecular flexibility index (Phi) is 6.93. The van der Waals surface area contributed by atoms with E-state index in [0.29, 0.717) is 22.4 Å². The molecule has 0 aliphatic rings. The first-order valence-corrected chi connectivity index (χ1v) is 10.6. The van der Waals surface area contributed by atoms with Crippen LogP contribution in [0, 0.1) is 6.92 Å². The average Bonchev–Trinajstić information content (AvgIpc) is 2.64. The number of anilines is 1. The first kappa shape index (κ1) is 21.6. The monoisotopic (exact) mass is 404 g/mol. The summed E-state index contributed by atoms with van der Waals surface area (Å²) in [4.78, 5) is 24.8. The fourth-order valence-corrected chi connectivity index (χ4v) is 3.30. The largest absolute Gasteiger partial charge is 0.462 e. The molecule has 0 saturated heterocycles. The average molecular weight is 404 g/mol. The summed E-state index contributed by atoms with van der Waals surface area (Å²) in [6.45, 7) is 3.74. The quantitative estimate of drug-likeness (QED) is 0.717. The molecule has 2 aromatic carbocycles. The van der Waals surface area contributed by atoms with Gasteiger partial charge in [0.05, 0.1) is 18.4 Å². The number of hydrogen-bond donors (Lipinski definition) is 1. The van der Waals surface area contributed by atoms with Gasteiger partial charge in [0.1, 0.15) is 6.04 Å². The predicted molar refractivity (Wildman–Crippen MR) is 108 cm³/mol. The number of nitrogens with one attached hydrogen (secondary N) is 1. The number of nitrogens with zero attached hydrogens (tertiary/aromatic N) is 1. The third-order valence-corrected chi connectivity index (χ3v) is 5.50. The molecular formula is C20H24N2O5S. The summed E-state index contributed by atoms with van der Waals surface area (Å²) in [5.74, 6) is -0.937. The smallest absolute Gasteiger partial charge is 0.338 e. The van der Waals surface area contributed by atoms with Gasteiger partial charge in [-0.15, -0.1) is 0 Å². The summed E-state index contributed by atoms with van der Waals surface area (Å²) in [7, 11) is -2.25. The van der Waals surface area contributed by atoms with Gasteiger partial charge < -0.3 is 10.1 Å². The van der Waals surface area contributed by atoms with Crippen molar-refractivity contribution < 1.29 is 22.7 Å². The van der Waals surface area contributed by atoms with E-state index in [1.165, 1.54) is 7.05 Å². The molecule has 2 aromatic rings. The molecule has 1 amide bonds. The minimum Gasteiger partial charge on any atom is -0.462 e. The highest BCUT2D eigenvalue weighted by Gasteiger charge is 2.31. The second kappa shape index (κ2) is 8.99. The zero-order valence-corrected chi connectivity index (χ0v) is 17.1. The number of carbonyl (C=O) groups is 2. The van der Waals surface area contributed by atoms with Gasteiger partial charge >= 0.3 is 5.97 Å². The lowest BCUT2D eigenvalue weighted by atomic mass is 10.1. The van der Waals surface area contributed by atoms with E-state index in [1.54, 1.807) is 62.4 Å². The third kappa shape index (κ3) is 5.17. The maximum Gasteiger partial charge on any atom is 0.338 e. The van der Waals surface area contributed by atoms with Crippen molar-refractivity contribution in [3.63, 3.8) is 0 Å². The van der Waals surface area contributed by atoms with Crippen LogP contribution < -0.4 is 5.32 Å². The van der Waals surface area contributed by atoms with Crippen LogP contribution in [0.2, 0.25) is 0 Å². The molecule has 7 nitrogen and oxygen atoms in total. The van der Waals surface area contributed by atoms with Gasteiger partial charge in [0.25, 0.3) is 0 Å². The Balaban J connectivity index is 2.32. The Morgan fingerprint density at radius 1 is 1.14 bits per heavy atom. The van der Waals surface area contributed by atoms with Crippen molar-refractivity contribution in [1.82, 2.24) is 4.31 Å². The van der Waals surface area contributed by atoms with Crippen molar-refractivity contribution in [2.45, 2.75) is 19.9 Å². The standard InChI is InChI=1S/C20H24N2O5S/c1-5-27-20(24)16-11-12-17(14(2)13-16)21-19(23)18(22(3)28(4,25)26)15-9-7-6-8-10-15/h6-13,18H,5H2,1-4H3,(H,21,23)/t18-/m1/s1. The van der Waals surface area contributed by atoms with Crippen LogP contribution in [0.5, 0.6) is 0 Å². The predicted octanol–water partition coefficient (Wildman–Crippen LogP) is 2.74. The lowest BCUT2D eigenvalue weighted by Gasteiger charge is -2.26. The normalized spacial score (nSPS) is 12.5. The Labute approximate surface area is 165 Å². The number of rotatable bonds is 7. The van der Waals surface area contributed by atoms with E-state index in [-0.39, 0.29) is 6.61 Å². The van der Waals surface area contributed by atoms with Crippen molar-refractivity contribution in [2.75, 3.05) is 25.2 Å². The first-order chi connectivity index (χ1) is 13.1. The second-order valence-electron chi connectivity index (χ2n) is 6.33. The molecule has 0 aliphatic heterocycles. The minimum absolute atomic E-state index is 0.271. The van der Waals surface area contributed by atoms with E-state index >= 15 is 0 Å². The van der Waals surface area contributed by atoms with Crippen molar-refractivity contribution in [1.29, 1.82) is 0 Å². The van der Waals surface area contributed by atoms with Crippen LogP contribution in [-0.2, 0) is 19.6 Å². The van der Waals surface area contributed by atoms with Crippen LogP contribution in [0.15, 0.2) is 48.5 Å². The maximum absolute atomic E-state index is 13.0. The van der Waals surface area contributed by atoms with Crippen LogP contribution in [0.3, 0.4) is 0 Å². The number of benzene rings is 2. The Morgan fingerprint density at radius 3 is 2.32 bits per heavy atom. The summed E-state index contributed by atoms with van der Waals surface area (Å²) in [5, 5.41) is 2.76. The van der Waals surface area contributed by atoms with Crippen LogP contribution in [-0.4, -0.2) is 44.5 Å². The number of carbonyl (C=O) groups excluding carboxylic acids is 2. The van der Waals surface area contributed by atoms with Crippen molar-refractivity contribution in [2.24, 2.45) is 0 Å². The molecule has 0 spiro atoms. The number of aryl methyl sites for hydroxylation is 1. The topological polar surface area (TPSA) is 92.8 Å². The highest BCUT2D eigenvalue weighted by Crippen LogP contribution is 2.25. The number of ether oxygens (including phenoxy) is 1. The molecule has 0 unspecified atom stereocenters. The van der Waals surface area contributed by atoms with E-state index in [9.17, 15) is 18.0 Å². The summed E-state index contributed by atoms with van der Waals surface area (Å²) in [5.41, 5.74) is 2.08. The van der Waals surface area contributed by atoms with Gasteiger partial charge in [0.2, 0.25) is 15.9 Å². The second-order valence-corrected chi connectivity index (χ2v) is 8.37. The van der Waals surface area contributed by atoms with Gasteiger partial charge in [-0.3, -0.25) is 4.79 Å². The molecule has 2 rings (SSSR count). The van der Waals surface area contributed by atoms with Crippen LogP contribution in [0.25, 0.3) is 0 Å². The Bertz CT molecular complexity index is 958. The van der Waals surface area contributed by atoms with Gasteiger partial charge in [-0.2, -0.15) is 4.31 Å². The highest BCUT2D eigenvalue weighted by atomic mass is 32.2. The summed E-state index contributed by atoms with van der Waals surface area (Å²) >= 11 is 0. The van der Waals surface area contributed by atoms with Crippen molar-refractivity contribution in [3.05, 3.63) is 65.2 Å². The number of hydrogen-bond acceptors (Lipinski definition) is 5. The lowest BCUT2D eigenvalue weighted by Crippen LogP contribution is -2.38. The number of esters is 1. The molecular weight excluding hydrogens is 380 g/mol. The minimum atomic E-state index is -3.61. The number of sulfonamides is 1. The molecule has 28 heavy (non-hydrogen) atoms. The molecule has 1 N–H and O–H groups in total. The Morgan fingerprint density at radius 2 is 1.79 bits per heavy atom. The molecule has 1 atom stereocenters. The molecule has 0 aromatic heterocycles. The SMILES string of the molecule is CCOC(=O)c1ccc(NC(=O)[C@@H](c2ccccc2)N(C)S(C)(=O)=O)c(C)c1. The summed E-state index contributed by atoms with van der Waals surface area (Å²) in [6, 6.07) is 12.4. The highest BCUT2D eigenvalue weighted by molar-refractivity contribution is 7.88. The van der Waals surface area contributed by atoms with E-state index in [2.05, 4.69) is 5.32 Å². The molecule has 0 heterocycles. The first-order valence-electron chi connectivity index (χ1n) is 8.71. The fraction of sp³-hybridized carbons (Fsp3) is 0.300. The number of amides is 1. The molecule has 0 saturated carbocycles. The van der Waals surface area contributed by atoms with Crippen LogP contribution >= 0.6 is 0 Å². The zero-order chi connectivity index (χ0) is 20.9. The van der Waals surface area contributed by atoms with Gasteiger partial charge in [-0.25, -0.2) is 13.2 Å². The van der Waals surface area contributed by atoms with Crippen LogP contribution in [0.4, 0.5) is 5.69 Å². The molecule has 0 aliphatic carbocycles. The molecule has 0 fully saturated rings.